The van der Waals surface area contributed by atoms with Gasteiger partial charge in [-0.1, -0.05) is 35.5 Å². The van der Waals surface area contributed by atoms with Crippen LogP contribution >= 0.6 is 11.3 Å². The van der Waals surface area contributed by atoms with Gasteiger partial charge in [0.1, 0.15) is 10.7 Å². The lowest BCUT2D eigenvalue weighted by molar-refractivity contribution is 0.194. The quantitative estimate of drug-likeness (QED) is 0.800. The number of nitrogens with zero attached hydrogens (tertiary/aromatic N) is 4. The molecule has 2 heterocycles. The number of benzene rings is 1. The number of hydrogen-bond donors (Lipinski definition) is 1. The normalized spacial score (nSPS) is 12.5. The Morgan fingerprint density at radius 1 is 1.30 bits per heavy atom. The molecule has 6 heteroatoms. The molecule has 2 aromatic heterocycles. The van der Waals surface area contributed by atoms with Crippen molar-refractivity contribution < 1.29 is 5.11 Å². The Morgan fingerprint density at radius 2 is 2.10 bits per heavy atom. The molecule has 1 unspecified atom stereocenters. The van der Waals surface area contributed by atoms with Crippen LogP contribution in [0.3, 0.4) is 0 Å². The van der Waals surface area contributed by atoms with Gasteiger partial charge in [-0.3, -0.25) is 0 Å². The minimum absolute atomic E-state index is 0.559. The summed E-state index contributed by atoms with van der Waals surface area (Å²) < 4.78 is 1.69. The Labute approximate surface area is 120 Å². The SMILES string of the molecule is CC(O)c1cn(Cc2csc(-c3ccccc3)n2)nn1. The average molecular weight is 286 g/mol. The first kappa shape index (κ1) is 13.0. The van der Waals surface area contributed by atoms with Crippen LogP contribution in [-0.4, -0.2) is 25.1 Å². The van der Waals surface area contributed by atoms with Crippen molar-refractivity contribution in [1.29, 1.82) is 0 Å². The Kier molecular flexibility index (Phi) is 3.58. The Bertz CT molecular complexity index is 690. The van der Waals surface area contributed by atoms with Crippen LogP contribution in [0.4, 0.5) is 0 Å². The van der Waals surface area contributed by atoms with E-state index >= 15 is 0 Å². The molecule has 0 aliphatic rings. The Balaban J connectivity index is 1.77. The molecule has 1 atom stereocenters. The van der Waals surface area contributed by atoms with Crippen LogP contribution in [0.15, 0.2) is 41.9 Å². The molecular formula is C14H14N4OS. The van der Waals surface area contributed by atoms with Gasteiger partial charge in [0.15, 0.2) is 0 Å². The fourth-order valence-corrected chi connectivity index (χ4v) is 2.66. The predicted octanol–water partition coefficient (Wildman–Crippen LogP) is 2.50. The van der Waals surface area contributed by atoms with Crippen LogP contribution in [0.1, 0.15) is 24.4 Å². The van der Waals surface area contributed by atoms with Crippen LogP contribution in [0.2, 0.25) is 0 Å². The molecule has 0 bridgehead atoms. The molecular weight excluding hydrogens is 272 g/mol. The molecule has 0 fully saturated rings. The van der Waals surface area contributed by atoms with E-state index in [2.05, 4.69) is 15.3 Å². The zero-order valence-electron chi connectivity index (χ0n) is 11.0. The number of aromatic nitrogens is 4. The number of hydrogen-bond acceptors (Lipinski definition) is 5. The molecule has 0 radical (unpaired) electrons. The number of aliphatic hydroxyl groups excluding tert-OH is 1. The van der Waals surface area contributed by atoms with E-state index in [0.29, 0.717) is 12.2 Å². The summed E-state index contributed by atoms with van der Waals surface area (Å²) in [7, 11) is 0. The predicted molar refractivity (Wildman–Crippen MR) is 77.3 cm³/mol. The highest BCUT2D eigenvalue weighted by Gasteiger charge is 2.09. The monoisotopic (exact) mass is 286 g/mol. The van der Waals surface area contributed by atoms with Gasteiger partial charge < -0.3 is 5.11 Å². The second kappa shape index (κ2) is 5.52. The Morgan fingerprint density at radius 3 is 2.80 bits per heavy atom. The van der Waals surface area contributed by atoms with Gasteiger partial charge in [0.05, 0.1) is 24.5 Å². The first-order chi connectivity index (χ1) is 9.72. The van der Waals surface area contributed by atoms with Gasteiger partial charge >= 0.3 is 0 Å². The van der Waals surface area contributed by atoms with Crippen LogP contribution in [0, 0.1) is 0 Å². The molecule has 0 saturated heterocycles. The molecule has 0 saturated carbocycles. The van der Waals surface area contributed by atoms with Gasteiger partial charge in [-0.15, -0.1) is 16.4 Å². The molecule has 20 heavy (non-hydrogen) atoms. The standard InChI is InChI=1S/C14H14N4OS/c1-10(19)13-8-18(17-16-13)7-12-9-20-14(15-12)11-5-3-2-4-6-11/h2-6,8-10,19H,7H2,1H3. The Hall–Kier alpha value is -2.05. The summed E-state index contributed by atoms with van der Waals surface area (Å²) >= 11 is 1.61. The van der Waals surface area contributed by atoms with Crippen molar-refractivity contribution in [3.8, 4) is 10.6 Å². The highest BCUT2D eigenvalue weighted by Crippen LogP contribution is 2.23. The van der Waals surface area contributed by atoms with Crippen LogP contribution in [0.25, 0.3) is 10.6 Å². The summed E-state index contributed by atoms with van der Waals surface area (Å²) in [6.45, 7) is 2.23. The van der Waals surface area contributed by atoms with Gasteiger partial charge in [0.2, 0.25) is 0 Å². The van der Waals surface area contributed by atoms with Gasteiger partial charge in [0, 0.05) is 10.9 Å². The van der Waals surface area contributed by atoms with E-state index in [1.165, 1.54) is 0 Å². The van der Waals surface area contributed by atoms with E-state index in [0.717, 1.165) is 16.3 Å². The molecule has 0 spiro atoms. The van der Waals surface area contributed by atoms with E-state index in [1.54, 1.807) is 29.1 Å². The molecule has 3 aromatic rings. The van der Waals surface area contributed by atoms with Crippen LogP contribution < -0.4 is 0 Å². The smallest absolute Gasteiger partial charge is 0.123 e. The maximum absolute atomic E-state index is 9.43. The molecule has 0 aliphatic carbocycles. The fraction of sp³-hybridized carbons (Fsp3) is 0.214. The average Bonchev–Trinajstić information content (AvgIpc) is 3.10. The van der Waals surface area contributed by atoms with Crippen molar-refractivity contribution in [2.75, 3.05) is 0 Å². The lowest BCUT2D eigenvalue weighted by atomic mass is 10.2. The molecule has 5 nitrogen and oxygen atoms in total. The molecule has 0 aliphatic heterocycles. The van der Waals surface area contributed by atoms with E-state index in [1.807, 2.05) is 35.7 Å². The molecule has 1 aromatic carbocycles. The molecule has 0 amide bonds. The topological polar surface area (TPSA) is 63.8 Å². The number of aliphatic hydroxyl groups is 1. The lowest BCUT2D eigenvalue weighted by Crippen LogP contribution is -2.00. The third kappa shape index (κ3) is 2.76. The van der Waals surface area contributed by atoms with Gasteiger partial charge in [-0.25, -0.2) is 9.67 Å². The first-order valence-corrected chi connectivity index (χ1v) is 7.18. The minimum Gasteiger partial charge on any atom is -0.387 e. The van der Waals surface area contributed by atoms with Crippen molar-refractivity contribution in [1.82, 2.24) is 20.0 Å². The number of thiazole rings is 1. The summed E-state index contributed by atoms with van der Waals surface area (Å²) in [5.41, 5.74) is 2.63. The maximum atomic E-state index is 9.43. The zero-order valence-corrected chi connectivity index (χ0v) is 11.8. The third-order valence-corrected chi connectivity index (χ3v) is 3.82. The van der Waals surface area contributed by atoms with Crippen LogP contribution in [0.5, 0.6) is 0 Å². The van der Waals surface area contributed by atoms with Gasteiger partial charge in [-0.05, 0) is 6.92 Å². The van der Waals surface area contributed by atoms with E-state index < -0.39 is 6.10 Å². The second-order valence-electron chi connectivity index (χ2n) is 4.53. The van der Waals surface area contributed by atoms with Crippen molar-refractivity contribution in [2.24, 2.45) is 0 Å². The molecule has 102 valence electrons. The third-order valence-electron chi connectivity index (χ3n) is 2.88. The summed E-state index contributed by atoms with van der Waals surface area (Å²) in [5.74, 6) is 0. The summed E-state index contributed by atoms with van der Waals surface area (Å²) in [4.78, 5) is 4.60. The second-order valence-corrected chi connectivity index (χ2v) is 5.39. The lowest BCUT2D eigenvalue weighted by Gasteiger charge is -1.97. The van der Waals surface area contributed by atoms with Gasteiger partial charge in [-0.2, -0.15) is 0 Å². The highest BCUT2D eigenvalue weighted by atomic mass is 32.1. The van der Waals surface area contributed by atoms with E-state index in [4.69, 9.17) is 0 Å². The van der Waals surface area contributed by atoms with Crippen molar-refractivity contribution in [2.45, 2.75) is 19.6 Å². The molecule has 3 rings (SSSR count). The highest BCUT2D eigenvalue weighted by molar-refractivity contribution is 7.13. The first-order valence-electron chi connectivity index (χ1n) is 6.30. The number of rotatable bonds is 4. The van der Waals surface area contributed by atoms with Crippen molar-refractivity contribution >= 4 is 11.3 Å². The zero-order chi connectivity index (χ0) is 13.9. The van der Waals surface area contributed by atoms with Crippen molar-refractivity contribution in [3.63, 3.8) is 0 Å². The summed E-state index contributed by atoms with van der Waals surface area (Å²) in [5, 5.41) is 20.3. The van der Waals surface area contributed by atoms with E-state index in [9.17, 15) is 5.11 Å². The van der Waals surface area contributed by atoms with Crippen molar-refractivity contribution in [3.05, 3.63) is 53.3 Å². The minimum atomic E-state index is -0.598. The van der Waals surface area contributed by atoms with Crippen LogP contribution in [-0.2, 0) is 6.54 Å². The van der Waals surface area contributed by atoms with Gasteiger partial charge in [0.25, 0.3) is 0 Å². The van der Waals surface area contributed by atoms with E-state index in [-0.39, 0.29) is 0 Å². The summed E-state index contributed by atoms with van der Waals surface area (Å²) in [6.07, 6.45) is 1.14. The summed E-state index contributed by atoms with van der Waals surface area (Å²) in [6, 6.07) is 10.1. The fourth-order valence-electron chi connectivity index (χ4n) is 1.84. The maximum Gasteiger partial charge on any atom is 0.123 e. The molecule has 1 N–H and O–H groups in total. The largest absolute Gasteiger partial charge is 0.387 e.